The summed E-state index contributed by atoms with van der Waals surface area (Å²) in [4.78, 5) is 36.9. The number of allylic oxidation sites excluding steroid dienone is 6. The molecule has 0 saturated carbocycles. The van der Waals surface area contributed by atoms with Crippen LogP contribution in [0.1, 0.15) is 213 Å². The number of quaternary nitrogens is 1. The van der Waals surface area contributed by atoms with Crippen molar-refractivity contribution in [3.8, 4) is 0 Å². The van der Waals surface area contributed by atoms with E-state index in [1.165, 1.54) is 116 Å². The number of hydrogen-bond acceptors (Lipinski definition) is 7. The van der Waals surface area contributed by atoms with Gasteiger partial charge in [-0.2, -0.15) is 0 Å². The van der Waals surface area contributed by atoms with Gasteiger partial charge in [0, 0.05) is 19.3 Å². The summed E-state index contributed by atoms with van der Waals surface area (Å²) >= 11 is 0. The molecule has 0 aromatic heterocycles. The fourth-order valence-corrected chi connectivity index (χ4v) is 6.98. The van der Waals surface area contributed by atoms with Crippen molar-refractivity contribution in [1.82, 2.24) is 0 Å². The number of carbonyl (C=O) groups is 3. The Balaban J connectivity index is 4.29. The molecule has 2 atom stereocenters. The number of esters is 2. The van der Waals surface area contributed by atoms with Crippen molar-refractivity contribution in [3.63, 3.8) is 0 Å². The van der Waals surface area contributed by atoms with Crippen molar-refractivity contribution < 1.29 is 38.2 Å². The van der Waals surface area contributed by atoms with Crippen LogP contribution in [-0.4, -0.2) is 75.5 Å². The molecule has 0 amide bonds. The maximum atomic E-state index is 12.7. The minimum absolute atomic E-state index is 0.0358. The summed E-state index contributed by atoms with van der Waals surface area (Å²) in [7, 11) is 5.41. The number of carboxylic acids is 1. The number of aliphatic carboxylic acids is 1. The van der Waals surface area contributed by atoms with E-state index < -0.39 is 18.1 Å². The molecule has 0 rings (SSSR count). The summed E-state index contributed by atoms with van der Waals surface area (Å²) in [5, 5.41) is 11.6. The molecule has 58 heavy (non-hydrogen) atoms. The summed E-state index contributed by atoms with van der Waals surface area (Å²) in [6.07, 6.45) is 47.4. The quantitative estimate of drug-likeness (QED) is 0.0261. The van der Waals surface area contributed by atoms with Crippen molar-refractivity contribution in [2.75, 3.05) is 41.0 Å². The van der Waals surface area contributed by atoms with Gasteiger partial charge in [0.1, 0.15) is 12.6 Å². The summed E-state index contributed by atoms with van der Waals surface area (Å²) in [6, 6.07) is -0.728. The Bertz CT molecular complexity index is 1050. The second-order valence-corrected chi connectivity index (χ2v) is 17.3. The largest absolute Gasteiger partial charge is 0.544 e. The van der Waals surface area contributed by atoms with Crippen LogP contribution in [0.3, 0.4) is 0 Å². The van der Waals surface area contributed by atoms with Gasteiger partial charge >= 0.3 is 11.9 Å². The Morgan fingerprint density at radius 2 is 0.914 bits per heavy atom. The predicted molar refractivity (Wildman–Crippen MR) is 240 cm³/mol. The molecule has 0 aliphatic carbocycles. The van der Waals surface area contributed by atoms with Gasteiger partial charge in [-0.1, -0.05) is 159 Å². The Morgan fingerprint density at radius 1 is 0.517 bits per heavy atom. The summed E-state index contributed by atoms with van der Waals surface area (Å²) in [6.45, 7) is 4.63. The van der Waals surface area contributed by atoms with Crippen LogP contribution in [0.4, 0.5) is 0 Å². The fraction of sp³-hybridized carbons (Fsp3) is 0.820. The van der Waals surface area contributed by atoms with Gasteiger partial charge in [0.25, 0.3) is 0 Å². The smallest absolute Gasteiger partial charge is 0.306 e. The van der Waals surface area contributed by atoms with E-state index in [9.17, 15) is 19.5 Å². The zero-order valence-corrected chi connectivity index (χ0v) is 38.5. The van der Waals surface area contributed by atoms with Crippen molar-refractivity contribution in [1.29, 1.82) is 0 Å². The Morgan fingerprint density at radius 3 is 1.38 bits per heavy atom. The fourth-order valence-electron chi connectivity index (χ4n) is 6.98. The Labute approximate surface area is 357 Å². The highest BCUT2D eigenvalue weighted by Gasteiger charge is 2.25. The van der Waals surface area contributed by atoms with E-state index >= 15 is 0 Å². The molecule has 8 nitrogen and oxygen atoms in total. The van der Waals surface area contributed by atoms with Crippen LogP contribution in [0.15, 0.2) is 36.5 Å². The number of unbranched alkanes of at least 4 members (excludes halogenated alkanes) is 23. The van der Waals surface area contributed by atoms with Gasteiger partial charge in [-0.05, 0) is 70.6 Å². The molecule has 0 aliphatic rings. The van der Waals surface area contributed by atoms with Gasteiger partial charge in [-0.25, -0.2) is 0 Å². The van der Waals surface area contributed by atoms with Crippen molar-refractivity contribution in [3.05, 3.63) is 36.5 Å². The van der Waals surface area contributed by atoms with Gasteiger partial charge in [-0.15, -0.1) is 0 Å². The number of likely N-dealkylation sites (N-methyl/N-ethyl adjacent to an activating group) is 1. The van der Waals surface area contributed by atoms with E-state index in [0.717, 1.165) is 64.2 Å². The normalized spacial score (nSPS) is 13.2. The molecule has 0 aromatic rings. The van der Waals surface area contributed by atoms with Gasteiger partial charge in [-0.3, -0.25) is 9.59 Å². The first kappa shape index (κ1) is 55.5. The van der Waals surface area contributed by atoms with Crippen molar-refractivity contribution >= 4 is 17.9 Å². The second-order valence-electron chi connectivity index (χ2n) is 17.3. The first-order valence-electron chi connectivity index (χ1n) is 24.0. The minimum atomic E-state index is -1.13. The molecule has 0 bridgehead atoms. The van der Waals surface area contributed by atoms with Crippen LogP contribution in [0, 0.1) is 0 Å². The van der Waals surface area contributed by atoms with Gasteiger partial charge in [0.05, 0.1) is 40.3 Å². The molecule has 0 spiro atoms. The lowest BCUT2D eigenvalue weighted by atomic mass is 10.1. The number of carbonyl (C=O) groups excluding carboxylic acids is 3. The third-order valence-electron chi connectivity index (χ3n) is 10.7. The highest BCUT2D eigenvalue weighted by atomic mass is 16.6. The lowest BCUT2D eigenvalue weighted by Crippen LogP contribution is -2.55. The van der Waals surface area contributed by atoms with E-state index in [4.69, 9.17) is 14.2 Å². The first-order chi connectivity index (χ1) is 28.1. The van der Waals surface area contributed by atoms with Crippen LogP contribution in [0.2, 0.25) is 0 Å². The number of hydrogen-bond donors (Lipinski definition) is 0. The van der Waals surface area contributed by atoms with E-state index in [1.807, 2.05) is 0 Å². The molecule has 0 aromatic carbocycles. The third-order valence-corrected chi connectivity index (χ3v) is 10.7. The molecule has 0 fully saturated rings. The SMILES string of the molecule is CCCCC/C=C\C/C=C\CCCCCCCC(=O)OC(COCCC(C(=O)[O-])[N+](C)(C)C)COC(=O)CCCCCCCCCCC/C=C\CCCCCCCC. The molecular weight excluding hydrogens is 727 g/mol. The van der Waals surface area contributed by atoms with Crippen LogP contribution in [0.25, 0.3) is 0 Å². The van der Waals surface area contributed by atoms with Gasteiger partial charge < -0.3 is 28.6 Å². The average Bonchev–Trinajstić information content (AvgIpc) is 3.18. The number of carboxylic acid groups (broad SMARTS) is 1. The standard InChI is InChI=1S/C50H91NO7/c1-6-8-10-12-14-16-18-20-22-23-24-25-27-28-30-32-34-36-38-40-48(52)57-45-46(44-56-43-42-47(50(54)55)51(3,4)5)58-49(53)41-39-37-35-33-31-29-26-21-19-17-15-13-11-9-7-2/h15,17,20-22,26,46-47H,6-14,16,18-19,23-25,27-45H2,1-5H3/b17-15-,22-20-,26-21-. The lowest BCUT2D eigenvalue weighted by Gasteiger charge is -2.34. The third kappa shape index (κ3) is 39.0. The number of nitrogens with zero attached hydrogens (tertiary/aromatic N) is 1. The van der Waals surface area contributed by atoms with E-state index in [1.54, 1.807) is 21.1 Å². The van der Waals surface area contributed by atoms with E-state index in [0.29, 0.717) is 12.8 Å². The molecule has 8 heteroatoms. The summed E-state index contributed by atoms with van der Waals surface area (Å²) < 4.78 is 17.2. The second kappa shape index (κ2) is 41.3. The van der Waals surface area contributed by atoms with Crippen LogP contribution >= 0.6 is 0 Å². The van der Waals surface area contributed by atoms with Crippen molar-refractivity contribution in [2.45, 2.75) is 225 Å². The minimum Gasteiger partial charge on any atom is -0.544 e. The molecule has 0 saturated heterocycles. The van der Waals surface area contributed by atoms with E-state index in [2.05, 4.69) is 50.3 Å². The molecule has 0 radical (unpaired) electrons. The zero-order chi connectivity index (χ0) is 42.8. The predicted octanol–water partition coefficient (Wildman–Crippen LogP) is 12.1. The van der Waals surface area contributed by atoms with Gasteiger partial charge in [0.15, 0.2) is 6.10 Å². The molecule has 338 valence electrons. The number of rotatable bonds is 43. The maximum Gasteiger partial charge on any atom is 0.306 e. The molecule has 0 N–H and O–H groups in total. The first-order valence-corrected chi connectivity index (χ1v) is 24.0. The molecular formula is C50H91NO7. The zero-order valence-electron chi connectivity index (χ0n) is 38.5. The molecule has 0 aliphatic heterocycles. The Hall–Kier alpha value is -2.45. The maximum absolute atomic E-state index is 12.7. The highest BCUT2D eigenvalue weighted by Crippen LogP contribution is 2.14. The highest BCUT2D eigenvalue weighted by molar-refractivity contribution is 5.70. The number of ether oxygens (including phenoxy) is 3. The lowest BCUT2D eigenvalue weighted by molar-refractivity contribution is -0.889. The Kier molecular flexibility index (Phi) is 39.5. The van der Waals surface area contributed by atoms with Crippen LogP contribution in [0.5, 0.6) is 0 Å². The molecule has 2 unspecified atom stereocenters. The topological polar surface area (TPSA) is 102 Å². The molecule has 0 heterocycles. The van der Waals surface area contributed by atoms with E-state index in [-0.39, 0.29) is 42.7 Å². The van der Waals surface area contributed by atoms with Crippen molar-refractivity contribution in [2.24, 2.45) is 0 Å². The summed E-state index contributed by atoms with van der Waals surface area (Å²) in [5.74, 6) is -1.75. The van der Waals surface area contributed by atoms with Gasteiger partial charge in [0.2, 0.25) is 0 Å². The monoisotopic (exact) mass is 818 g/mol. The van der Waals surface area contributed by atoms with Crippen LogP contribution in [-0.2, 0) is 28.6 Å². The van der Waals surface area contributed by atoms with Crippen LogP contribution < -0.4 is 5.11 Å². The summed E-state index contributed by atoms with van der Waals surface area (Å²) in [5.41, 5.74) is 0. The average molecular weight is 818 g/mol.